The zero-order chi connectivity index (χ0) is 19.8. The average Bonchev–Trinajstić information content (AvgIpc) is 2.73. The van der Waals surface area contributed by atoms with E-state index < -0.39 is 0 Å². The lowest BCUT2D eigenvalue weighted by molar-refractivity contribution is 0.0474. The van der Waals surface area contributed by atoms with Crippen molar-refractivity contribution in [1.29, 1.82) is 0 Å². The van der Waals surface area contributed by atoms with Crippen molar-refractivity contribution in [3.05, 3.63) is 59.9 Å². The van der Waals surface area contributed by atoms with Crippen LogP contribution in [-0.2, 0) is 11.3 Å². The Morgan fingerprint density at radius 2 is 2.11 bits per heavy atom. The summed E-state index contributed by atoms with van der Waals surface area (Å²) in [5.74, 6) is 0.634. The van der Waals surface area contributed by atoms with Crippen LogP contribution < -0.4 is 10.1 Å². The molecular formula is C22H29N3O3. The zero-order valence-electron chi connectivity index (χ0n) is 16.6. The number of carbonyl (C=O) groups excluding carboxylic acids is 1. The molecule has 150 valence electrons. The minimum atomic E-state index is -0.113. The fourth-order valence-electron chi connectivity index (χ4n) is 3.47. The number of aromatic nitrogens is 1. The maximum Gasteiger partial charge on any atom is 0.251 e. The summed E-state index contributed by atoms with van der Waals surface area (Å²) in [6, 6.07) is 11.6. The molecule has 2 heterocycles. The second kappa shape index (κ2) is 10.2. The van der Waals surface area contributed by atoms with Gasteiger partial charge in [0.25, 0.3) is 5.91 Å². The summed E-state index contributed by atoms with van der Waals surface area (Å²) in [5.41, 5.74) is 1.57. The van der Waals surface area contributed by atoms with Gasteiger partial charge in [0.1, 0.15) is 11.9 Å². The van der Waals surface area contributed by atoms with E-state index in [1.807, 2.05) is 30.3 Å². The Balaban J connectivity index is 1.50. The molecule has 28 heavy (non-hydrogen) atoms. The van der Waals surface area contributed by atoms with Crippen LogP contribution in [0, 0.1) is 0 Å². The molecule has 1 aliphatic heterocycles. The molecule has 1 aliphatic rings. The molecule has 6 nitrogen and oxygen atoms in total. The summed E-state index contributed by atoms with van der Waals surface area (Å²) in [7, 11) is 1.74. The Morgan fingerprint density at radius 1 is 1.29 bits per heavy atom. The number of ether oxygens (including phenoxy) is 2. The van der Waals surface area contributed by atoms with Crippen molar-refractivity contribution >= 4 is 5.91 Å². The van der Waals surface area contributed by atoms with E-state index in [1.54, 1.807) is 25.6 Å². The van der Waals surface area contributed by atoms with Gasteiger partial charge in [0.05, 0.1) is 6.61 Å². The standard InChI is InChI=1S/C22H29N3O3/c1-17(16-27-2)25-11-8-20(9-12-25)28-21-7-3-6-19(13-21)22(26)24-15-18-5-4-10-23-14-18/h3-7,10,13-14,17,20H,8-9,11-12,15-16H2,1-2H3,(H,24,26)/t17-/m0/s1. The van der Waals surface area contributed by atoms with E-state index in [1.165, 1.54) is 0 Å². The smallest absolute Gasteiger partial charge is 0.251 e. The van der Waals surface area contributed by atoms with Gasteiger partial charge in [-0.3, -0.25) is 14.7 Å². The van der Waals surface area contributed by atoms with E-state index in [0.29, 0.717) is 18.2 Å². The Morgan fingerprint density at radius 3 is 2.82 bits per heavy atom. The molecule has 1 aromatic heterocycles. The predicted octanol–water partition coefficient (Wildman–Crippen LogP) is 2.89. The Kier molecular flexibility index (Phi) is 7.39. The normalized spacial score (nSPS) is 16.5. The van der Waals surface area contributed by atoms with Crippen LogP contribution in [0.3, 0.4) is 0 Å². The van der Waals surface area contributed by atoms with Gasteiger partial charge in [-0.15, -0.1) is 0 Å². The number of piperidine rings is 1. The second-order valence-electron chi connectivity index (χ2n) is 7.23. The van der Waals surface area contributed by atoms with Gasteiger partial charge < -0.3 is 14.8 Å². The number of nitrogens with zero attached hydrogens (tertiary/aromatic N) is 2. The van der Waals surface area contributed by atoms with Crippen molar-refractivity contribution in [1.82, 2.24) is 15.2 Å². The highest BCUT2D eigenvalue weighted by atomic mass is 16.5. The molecule has 2 aromatic rings. The molecule has 0 bridgehead atoms. The maximum atomic E-state index is 12.4. The molecule has 1 amide bonds. The Bertz CT molecular complexity index is 746. The second-order valence-corrected chi connectivity index (χ2v) is 7.23. The molecule has 3 rings (SSSR count). The number of carbonyl (C=O) groups is 1. The van der Waals surface area contributed by atoms with E-state index in [0.717, 1.165) is 43.9 Å². The minimum Gasteiger partial charge on any atom is -0.490 e. The quantitative estimate of drug-likeness (QED) is 0.759. The summed E-state index contributed by atoms with van der Waals surface area (Å²) >= 11 is 0. The van der Waals surface area contributed by atoms with Gasteiger partial charge >= 0.3 is 0 Å². The van der Waals surface area contributed by atoms with E-state index in [2.05, 4.69) is 22.1 Å². The summed E-state index contributed by atoms with van der Waals surface area (Å²) in [4.78, 5) is 18.9. The molecule has 0 spiro atoms. The molecule has 1 aromatic carbocycles. The fourth-order valence-corrected chi connectivity index (χ4v) is 3.47. The third kappa shape index (κ3) is 5.78. The highest BCUT2D eigenvalue weighted by Crippen LogP contribution is 2.21. The molecule has 1 fully saturated rings. The molecule has 1 atom stereocenters. The van der Waals surface area contributed by atoms with Crippen LogP contribution in [0.25, 0.3) is 0 Å². The van der Waals surface area contributed by atoms with Crippen molar-refractivity contribution in [2.45, 2.75) is 38.5 Å². The lowest BCUT2D eigenvalue weighted by Crippen LogP contribution is -2.44. The highest BCUT2D eigenvalue weighted by molar-refractivity contribution is 5.94. The van der Waals surface area contributed by atoms with E-state index in [4.69, 9.17) is 9.47 Å². The van der Waals surface area contributed by atoms with Gasteiger partial charge in [0.2, 0.25) is 0 Å². The monoisotopic (exact) mass is 383 g/mol. The molecule has 6 heteroatoms. The molecule has 1 saturated heterocycles. The van der Waals surface area contributed by atoms with Crippen molar-refractivity contribution in [2.24, 2.45) is 0 Å². The number of rotatable bonds is 8. The van der Waals surface area contributed by atoms with Gasteiger partial charge in [-0.25, -0.2) is 0 Å². The van der Waals surface area contributed by atoms with Crippen molar-refractivity contribution in [3.8, 4) is 5.75 Å². The van der Waals surface area contributed by atoms with E-state index in [-0.39, 0.29) is 12.0 Å². The lowest BCUT2D eigenvalue weighted by atomic mass is 10.1. The molecular weight excluding hydrogens is 354 g/mol. The minimum absolute atomic E-state index is 0.113. The Labute approximate surface area is 166 Å². The summed E-state index contributed by atoms with van der Waals surface area (Å²) in [6.07, 6.45) is 5.60. The highest BCUT2D eigenvalue weighted by Gasteiger charge is 2.23. The number of hydrogen-bond acceptors (Lipinski definition) is 5. The largest absolute Gasteiger partial charge is 0.490 e. The van der Waals surface area contributed by atoms with Gasteiger partial charge in [0, 0.05) is 50.7 Å². The number of likely N-dealkylation sites (tertiary alicyclic amines) is 1. The predicted molar refractivity (Wildman–Crippen MR) is 108 cm³/mol. The van der Waals surface area contributed by atoms with Crippen LogP contribution in [0.2, 0.25) is 0 Å². The van der Waals surface area contributed by atoms with Crippen molar-refractivity contribution in [3.63, 3.8) is 0 Å². The zero-order valence-corrected chi connectivity index (χ0v) is 16.6. The SMILES string of the molecule is COC[C@H](C)N1CCC(Oc2cccc(C(=O)NCc3cccnc3)c2)CC1. The van der Waals surface area contributed by atoms with Crippen LogP contribution in [0.15, 0.2) is 48.8 Å². The van der Waals surface area contributed by atoms with Gasteiger partial charge in [-0.2, -0.15) is 0 Å². The first-order valence-electron chi connectivity index (χ1n) is 9.82. The first-order valence-corrected chi connectivity index (χ1v) is 9.82. The third-order valence-electron chi connectivity index (χ3n) is 5.08. The van der Waals surface area contributed by atoms with Gasteiger partial charge in [-0.05, 0) is 49.6 Å². The molecule has 0 unspecified atom stereocenters. The van der Waals surface area contributed by atoms with Crippen LogP contribution >= 0.6 is 0 Å². The van der Waals surface area contributed by atoms with Crippen LogP contribution in [0.1, 0.15) is 35.7 Å². The summed E-state index contributed by atoms with van der Waals surface area (Å²) < 4.78 is 11.4. The summed E-state index contributed by atoms with van der Waals surface area (Å²) in [5, 5.41) is 2.92. The number of benzene rings is 1. The van der Waals surface area contributed by atoms with Gasteiger partial charge in [0.15, 0.2) is 0 Å². The lowest BCUT2D eigenvalue weighted by Gasteiger charge is -2.35. The first-order chi connectivity index (χ1) is 13.7. The first kappa shape index (κ1) is 20.3. The molecule has 0 aliphatic carbocycles. The van der Waals surface area contributed by atoms with Crippen LogP contribution in [0.5, 0.6) is 5.75 Å². The van der Waals surface area contributed by atoms with Crippen LogP contribution in [-0.4, -0.2) is 54.7 Å². The summed E-state index contributed by atoms with van der Waals surface area (Å²) in [6.45, 7) is 5.40. The molecule has 1 N–H and O–H groups in total. The van der Waals surface area contributed by atoms with Crippen LogP contribution in [0.4, 0.5) is 0 Å². The molecule has 0 saturated carbocycles. The number of methoxy groups -OCH3 is 1. The van der Waals surface area contributed by atoms with Gasteiger partial charge in [-0.1, -0.05) is 12.1 Å². The number of hydrogen-bond donors (Lipinski definition) is 1. The average molecular weight is 383 g/mol. The van der Waals surface area contributed by atoms with Crippen molar-refractivity contribution < 1.29 is 14.3 Å². The number of pyridine rings is 1. The molecule has 0 radical (unpaired) electrons. The fraction of sp³-hybridized carbons (Fsp3) is 0.455. The third-order valence-corrected chi connectivity index (χ3v) is 5.08. The van der Waals surface area contributed by atoms with Crippen molar-refractivity contribution in [2.75, 3.05) is 26.8 Å². The topological polar surface area (TPSA) is 63.7 Å². The number of amides is 1. The van der Waals surface area contributed by atoms with E-state index in [9.17, 15) is 4.79 Å². The van der Waals surface area contributed by atoms with E-state index >= 15 is 0 Å². The number of nitrogens with one attached hydrogen (secondary N) is 1. The Hall–Kier alpha value is -2.44. The maximum absolute atomic E-state index is 12.4.